The second-order valence-corrected chi connectivity index (χ2v) is 12.2. The SMILES string of the molecule is CCOP(=O)(OCC)[C@H](Cc1ccccc1)[C@@H](C/C(=N/N1CCC[C@H]1COC)C(C)C)C(C)C. The predicted molar refractivity (Wildman–Crippen MR) is 142 cm³/mol. The lowest BCUT2D eigenvalue weighted by Gasteiger charge is -2.36. The molecule has 0 aliphatic carbocycles. The zero-order chi connectivity index (χ0) is 25.1. The summed E-state index contributed by atoms with van der Waals surface area (Å²) in [6, 6.07) is 10.6. The van der Waals surface area contributed by atoms with Crippen LogP contribution in [0.1, 0.15) is 66.4 Å². The smallest absolute Gasteiger partial charge is 0.334 e. The number of hydrogen-bond acceptors (Lipinski definition) is 6. The standard InChI is InChI=1S/C27H47N2O4P/c1-8-32-34(30,33-9-2)27(18-23-14-11-10-12-15-23)25(21(3)4)19-26(22(5)6)28-29-17-13-16-24(29)20-31-7/h10-12,14-15,21-22,24-25,27H,8-9,13,16-20H2,1-7H3/b28-26-/t24-,25-,27+/m0/s1. The van der Waals surface area contributed by atoms with Crippen molar-refractivity contribution in [3.05, 3.63) is 35.9 Å². The van der Waals surface area contributed by atoms with Crippen molar-refractivity contribution in [1.29, 1.82) is 0 Å². The Morgan fingerprint density at radius 3 is 2.29 bits per heavy atom. The lowest BCUT2D eigenvalue weighted by molar-refractivity contribution is 0.117. The largest absolute Gasteiger partial charge is 0.382 e. The number of hydrazone groups is 1. The van der Waals surface area contributed by atoms with Gasteiger partial charge in [0.2, 0.25) is 0 Å². The summed E-state index contributed by atoms with van der Waals surface area (Å²) in [5, 5.41) is 7.37. The Bertz CT molecular complexity index is 774. The van der Waals surface area contributed by atoms with Gasteiger partial charge in [0.1, 0.15) is 0 Å². The van der Waals surface area contributed by atoms with E-state index < -0.39 is 7.60 Å². The van der Waals surface area contributed by atoms with Crippen molar-refractivity contribution in [2.75, 3.05) is 33.5 Å². The Labute approximate surface area is 208 Å². The third-order valence-corrected chi connectivity index (χ3v) is 9.35. The summed E-state index contributed by atoms with van der Waals surface area (Å²) in [7, 11) is -1.58. The van der Waals surface area contributed by atoms with Crippen LogP contribution in [0.5, 0.6) is 0 Å². The summed E-state index contributed by atoms with van der Waals surface area (Å²) >= 11 is 0. The van der Waals surface area contributed by atoms with Crippen LogP contribution in [-0.4, -0.2) is 55.9 Å². The lowest BCUT2D eigenvalue weighted by Crippen LogP contribution is -2.34. The molecule has 6 nitrogen and oxygen atoms in total. The van der Waals surface area contributed by atoms with Gasteiger partial charge in [-0.05, 0) is 62.8 Å². The van der Waals surface area contributed by atoms with Crippen molar-refractivity contribution >= 4 is 13.3 Å². The highest BCUT2D eigenvalue weighted by molar-refractivity contribution is 7.54. The highest BCUT2D eigenvalue weighted by Gasteiger charge is 2.43. The number of hydrogen-bond donors (Lipinski definition) is 0. The average Bonchev–Trinajstić information content (AvgIpc) is 3.23. The molecule has 194 valence electrons. The van der Waals surface area contributed by atoms with Crippen LogP contribution in [0.2, 0.25) is 0 Å². The average molecular weight is 495 g/mol. The number of nitrogens with zero attached hydrogens (tertiary/aromatic N) is 2. The van der Waals surface area contributed by atoms with Crippen molar-refractivity contribution in [2.24, 2.45) is 22.9 Å². The van der Waals surface area contributed by atoms with Crippen LogP contribution in [0.4, 0.5) is 0 Å². The molecule has 7 heteroatoms. The molecule has 0 aromatic heterocycles. The molecular formula is C27H47N2O4P. The molecule has 0 amide bonds. The number of ether oxygens (including phenoxy) is 1. The predicted octanol–water partition coefficient (Wildman–Crippen LogP) is 6.65. The summed E-state index contributed by atoms with van der Waals surface area (Å²) in [6.07, 6.45) is 3.67. The fraction of sp³-hybridized carbons (Fsp3) is 0.741. The van der Waals surface area contributed by atoms with Gasteiger partial charge >= 0.3 is 7.60 Å². The van der Waals surface area contributed by atoms with Gasteiger partial charge in [0.15, 0.2) is 0 Å². The van der Waals surface area contributed by atoms with Crippen LogP contribution < -0.4 is 0 Å². The van der Waals surface area contributed by atoms with Gasteiger partial charge in [0, 0.05) is 19.4 Å². The zero-order valence-corrected chi connectivity index (χ0v) is 23.3. The molecule has 0 bridgehead atoms. The molecule has 0 radical (unpaired) electrons. The van der Waals surface area contributed by atoms with E-state index in [2.05, 4.69) is 44.8 Å². The molecule has 0 spiro atoms. The van der Waals surface area contributed by atoms with Crippen LogP contribution in [0.25, 0.3) is 0 Å². The molecule has 0 saturated carbocycles. The summed E-state index contributed by atoms with van der Waals surface area (Å²) < 4.78 is 31.5. The molecule has 3 atom stereocenters. The Morgan fingerprint density at radius 2 is 1.76 bits per heavy atom. The molecule has 2 rings (SSSR count). The van der Waals surface area contributed by atoms with Gasteiger partial charge in [0.25, 0.3) is 0 Å². The molecule has 1 aliphatic heterocycles. The van der Waals surface area contributed by atoms with E-state index in [1.165, 1.54) is 0 Å². The molecule has 1 saturated heterocycles. The second-order valence-electron chi connectivity index (χ2n) is 9.90. The molecule has 1 aliphatic rings. The van der Waals surface area contributed by atoms with Gasteiger partial charge in [-0.1, -0.05) is 58.0 Å². The number of rotatable bonds is 15. The van der Waals surface area contributed by atoms with Crippen LogP contribution in [0.15, 0.2) is 35.4 Å². The Morgan fingerprint density at radius 1 is 1.12 bits per heavy atom. The summed E-state index contributed by atoms with van der Waals surface area (Å²) in [4.78, 5) is 0. The van der Waals surface area contributed by atoms with Gasteiger partial charge < -0.3 is 13.8 Å². The van der Waals surface area contributed by atoms with Crippen molar-refractivity contribution in [1.82, 2.24) is 5.01 Å². The van der Waals surface area contributed by atoms with Crippen LogP contribution >= 0.6 is 7.60 Å². The first-order valence-electron chi connectivity index (χ1n) is 13.0. The first-order chi connectivity index (χ1) is 16.3. The Hall–Kier alpha value is -1.20. The third kappa shape index (κ3) is 8.19. The third-order valence-electron chi connectivity index (χ3n) is 6.74. The first-order valence-corrected chi connectivity index (χ1v) is 14.6. The van der Waals surface area contributed by atoms with E-state index in [1.54, 1.807) is 7.11 Å². The maximum atomic E-state index is 14.2. The highest BCUT2D eigenvalue weighted by atomic mass is 31.2. The first kappa shape index (κ1) is 29.0. The minimum atomic E-state index is -3.34. The minimum absolute atomic E-state index is 0.105. The second kappa shape index (κ2) is 14.4. The number of methoxy groups -OCH3 is 1. The van der Waals surface area contributed by atoms with Gasteiger partial charge in [0.05, 0.1) is 31.5 Å². The van der Waals surface area contributed by atoms with E-state index in [0.29, 0.717) is 44.1 Å². The quantitative estimate of drug-likeness (QED) is 0.202. The van der Waals surface area contributed by atoms with Crippen molar-refractivity contribution in [3.8, 4) is 0 Å². The monoisotopic (exact) mass is 494 g/mol. The lowest BCUT2D eigenvalue weighted by atomic mass is 9.83. The summed E-state index contributed by atoms with van der Waals surface area (Å²) in [6.45, 7) is 15.0. The van der Waals surface area contributed by atoms with Crippen molar-refractivity contribution < 1.29 is 18.3 Å². The number of benzene rings is 1. The van der Waals surface area contributed by atoms with E-state index in [0.717, 1.165) is 37.1 Å². The fourth-order valence-electron chi connectivity index (χ4n) is 4.87. The summed E-state index contributed by atoms with van der Waals surface area (Å²) in [5.41, 5.74) is 2.06. The minimum Gasteiger partial charge on any atom is -0.382 e. The maximum Gasteiger partial charge on any atom is 0.334 e. The zero-order valence-electron chi connectivity index (χ0n) is 22.4. The fourth-order valence-corrected chi connectivity index (χ4v) is 7.40. The van der Waals surface area contributed by atoms with E-state index in [4.69, 9.17) is 18.9 Å². The van der Waals surface area contributed by atoms with Gasteiger partial charge in [-0.25, -0.2) is 0 Å². The van der Waals surface area contributed by atoms with Crippen LogP contribution in [0, 0.1) is 17.8 Å². The molecular weight excluding hydrogens is 447 g/mol. The Balaban J connectivity index is 2.44. The van der Waals surface area contributed by atoms with Gasteiger partial charge in [-0.2, -0.15) is 5.10 Å². The van der Waals surface area contributed by atoms with Crippen LogP contribution in [-0.2, 0) is 24.8 Å². The van der Waals surface area contributed by atoms with Gasteiger partial charge in [-0.3, -0.25) is 9.57 Å². The molecule has 1 aromatic carbocycles. The molecule has 0 N–H and O–H groups in total. The highest BCUT2D eigenvalue weighted by Crippen LogP contribution is 2.58. The summed E-state index contributed by atoms with van der Waals surface area (Å²) in [5.74, 6) is 0.690. The van der Waals surface area contributed by atoms with Crippen molar-refractivity contribution in [2.45, 2.75) is 78.9 Å². The van der Waals surface area contributed by atoms with Gasteiger partial charge in [-0.15, -0.1) is 0 Å². The van der Waals surface area contributed by atoms with E-state index in [-0.39, 0.29) is 11.6 Å². The molecule has 1 fully saturated rings. The normalized spacial score (nSPS) is 19.3. The maximum absolute atomic E-state index is 14.2. The molecule has 0 unspecified atom stereocenters. The molecule has 1 aromatic rings. The van der Waals surface area contributed by atoms with Crippen molar-refractivity contribution in [3.63, 3.8) is 0 Å². The van der Waals surface area contributed by atoms with E-state index in [1.807, 2.05) is 32.0 Å². The topological polar surface area (TPSA) is 60.4 Å². The Kier molecular flexibility index (Phi) is 12.3. The van der Waals surface area contributed by atoms with E-state index >= 15 is 0 Å². The van der Waals surface area contributed by atoms with E-state index in [9.17, 15) is 4.57 Å². The molecule has 34 heavy (non-hydrogen) atoms. The van der Waals surface area contributed by atoms with Crippen LogP contribution in [0.3, 0.4) is 0 Å². The molecule has 1 heterocycles.